The monoisotopic (exact) mass is 267 g/mol. The number of nitrogens with zero attached hydrogens (tertiary/aromatic N) is 4. The van der Waals surface area contributed by atoms with Crippen molar-refractivity contribution in [1.29, 1.82) is 0 Å². The predicted molar refractivity (Wildman–Crippen MR) is 78.0 cm³/mol. The molecular formula is C13H25N5O. The molecule has 0 aromatic carbocycles. The fourth-order valence-corrected chi connectivity index (χ4v) is 1.65. The van der Waals surface area contributed by atoms with Crippen LogP contribution in [-0.2, 0) is 0 Å². The third-order valence-electron chi connectivity index (χ3n) is 2.53. The van der Waals surface area contributed by atoms with Gasteiger partial charge in [0, 0.05) is 19.6 Å². The Labute approximate surface area is 115 Å². The minimum Gasteiger partial charge on any atom is -0.463 e. The average molecular weight is 267 g/mol. The fourth-order valence-electron chi connectivity index (χ4n) is 1.65. The van der Waals surface area contributed by atoms with Crippen LogP contribution in [0.15, 0.2) is 0 Å². The molecule has 108 valence electrons. The van der Waals surface area contributed by atoms with Crippen molar-refractivity contribution in [2.45, 2.75) is 40.5 Å². The molecule has 0 amide bonds. The molecule has 1 N–H and O–H groups in total. The summed E-state index contributed by atoms with van der Waals surface area (Å²) in [5, 5.41) is 3.12. The van der Waals surface area contributed by atoms with Crippen molar-refractivity contribution in [3.05, 3.63) is 0 Å². The molecule has 1 aromatic rings. The summed E-state index contributed by atoms with van der Waals surface area (Å²) in [4.78, 5) is 15.2. The van der Waals surface area contributed by atoms with Crippen LogP contribution in [0.1, 0.15) is 40.5 Å². The van der Waals surface area contributed by atoms with Gasteiger partial charge in [-0.05, 0) is 26.7 Å². The van der Waals surface area contributed by atoms with Gasteiger partial charge in [-0.3, -0.25) is 0 Å². The highest BCUT2D eigenvalue weighted by Gasteiger charge is 2.12. The van der Waals surface area contributed by atoms with Crippen LogP contribution in [0.3, 0.4) is 0 Å². The van der Waals surface area contributed by atoms with E-state index in [0.29, 0.717) is 24.5 Å². The van der Waals surface area contributed by atoms with Gasteiger partial charge in [0.2, 0.25) is 11.9 Å². The number of nitrogens with one attached hydrogen (secondary N) is 1. The van der Waals surface area contributed by atoms with Crippen LogP contribution in [-0.4, -0.2) is 41.2 Å². The molecule has 0 spiro atoms. The van der Waals surface area contributed by atoms with Crippen molar-refractivity contribution in [1.82, 2.24) is 15.0 Å². The first-order valence-electron chi connectivity index (χ1n) is 7.12. The van der Waals surface area contributed by atoms with E-state index in [0.717, 1.165) is 32.5 Å². The van der Waals surface area contributed by atoms with Crippen LogP contribution in [0.25, 0.3) is 0 Å². The van der Waals surface area contributed by atoms with Crippen LogP contribution in [0, 0.1) is 0 Å². The largest absolute Gasteiger partial charge is 0.463 e. The van der Waals surface area contributed by atoms with Gasteiger partial charge in [0.1, 0.15) is 0 Å². The molecule has 1 rings (SSSR count). The molecule has 1 heterocycles. The topological polar surface area (TPSA) is 63.2 Å². The van der Waals surface area contributed by atoms with Crippen molar-refractivity contribution in [3.63, 3.8) is 0 Å². The molecule has 0 fully saturated rings. The van der Waals surface area contributed by atoms with Gasteiger partial charge in [0.25, 0.3) is 0 Å². The second-order valence-electron chi connectivity index (χ2n) is 4.20. The Hall–Kier alpha value is -1.59. The lowest BCUT2D eigenvalue weighted by Gasteiger charge is -2.20. The van der Waals surface area contributed by atoms with E-state index in [9.17, 15) is 0 Å². The van der Waals surface area contributed by atoms with E-state index in [2.05, 4.69) is 45.9 Å². The zero-order valence-electron chi connectivity index (χ0n) is 12.4. The van der Waals surface area contributed by atoms with Gasteiger partial charge in [0.05, 0.1) is 6.61 Å². The summed E-state index contributed by atoms with van der Waals surface area (Å²) in [6.07, 6.45) is 1.99. The normalized spacial score (nSPS) is 10.3. The lowest BCUT2D eigenvalue weighted by atomic mass is 10.4. The maximum Gasteiger partial charge on any atom is 0.323 e. The van der Waals surface area contributed by atoms with Gasteiger partial charge >= 0.3 is 6.01 Å². The van der Waals surface area contributed by atoms with E-state index in [1.54, 1.807) is 0 Å². The molecule has 6 heteroatoms. The Kier molecular flexibility index (Phi) is 6.92. The zero-order chi connectivity index (χ0) is 14.1. The van der Waals surface area contributed by atoms with Crippen molar-refractivity contribution >= 4 is 11.9 Å². The van der Waals surface area contributed by atoms with Crippen LogP contribution >= 0.6 is 0 Å². The summed E-state index contributed by atoms with van der Waals surface area (Å²) in [6, 6.07) is 0.400. The van der Waals surface area contributed by atoms with E-state index in [4.69, 9.17) is 4.74 Å². The first-order valence-corrected chi connectivity index (χ1v) is 7.12. The van der Waals surface area contributed by atoms with Gasteiger partial charge in [-0.2, -0.15) is 15.0 Å². The van der Waals surface area contributed by atoms with Crippen molar-refractivity contribution in [2.24, 2.45) is 0 Å². The molecule has 19 heavy (non-hydrogen) atoms. The number of anilines is 2. The first kappa shape index (κ1) is 15.5. The van der Waals surface area contributed by atoms with E-state index >= 15 is 0 Å². The second kappa shape index (κ2) is 8.50. The third-order valence-corrected chi connectivity index (χ3v) is 2.53. The molecular weight excluding hydrogens is 242 g/mol. The summed E-state index contributed by atoms with van der Waals surface area (Å²) >= 11 is 0. The lowest BCUT2D eigenvalue weighted by Crippen LogP contribution is -2.26. The zero-order valence-corrected chi connectivity index (χ0v) is 12.4. The summed E-state index contributed by atoms with van der Waals surface area (Å²) < 4.78 is 5.53. The van der Waals surface area contributed by atoms with Crippen LogP contribution in [0.2, 0.25) is 0 Å². The van der Waals surface area contributed by atoms with Gasteiger partial charge in [-0.15, -0.1) is 0 Å². The number of hydrogen-bond donors (Lipinski definition) is 1. The van der Waals surface area contributed by atoms with Gasteiger partial charge in [-0.25, -0.2) is 0 Å². The summed E-state index contributed by atoms with van der Waals surface area (Å²) in [5.74, 6) is 1.26. The highest BCUT2D eigenvalue weighted by atomic mass is 16.5. The van der Waals surface area contributed by atoms with Gasteiger partial charge < -0.3 is 15.0 Å². The Morgan fingerprint density at radius 3 is 2.42 bits per heavy atom. The highest BCUT2D eigenvalue weighted by Crippen LogP contribution is 2.15. The van der Waals surface area contributed by atoms with Gasteiger partial charge in [0.15, 0.2) is 0 Å². The van der Waals surface area contributed by atoms with Crippen LogP contribution in [0.4, 0.5) is 11.9 Å². The van der Waals surface area contributed by atoms with Crippen molar-refractivity contribution < 1.29 is 4.74 Å². The minimum absolute atomic E-state index is 0.400. The maximum absolute atomic E-state index is 5.53. The Balaban J connectivity index is 2.96. The molecule has 0 saturated heterocycles. The fraction of sp³-hybridized carbons (Fsp3) is 0.769. The molecule has 0 aliphatic rings. The first-order chi connectivity index (χ1) is 9.24. The van der Waals surface area contributed by atoms with Gasteiger partial charge in [-0.1, -0.05) is 13.8 Å². The molecule has 1 aromatic heterocycles. The highest BCUT2D eigenvalue weighted by molar-refractivity contribution is 5.38. The number of ether oxygens (including phenoxy) is 1. The molecule has 0 atom stereocenters. The third kappa shape index (κ3) is 4.89. The van der Waals surface area contributed by atoms with E-state index in [1.165, 1.54) is 0 Å². The minimum atomic E-state index is 0.400. The Morgan fingerprint density at radius 2 is 1.84 bits per heavy atom. The van der Waals surface area contributed by atoms with Crippen LogP contribution < -0.4 is 15.0 Å². The maximum atomic E-state index is 5.53. The number of aromatic nitrogens is 3. The number of rotatable bonds is 9. The molecule has 6 nitrogen and oxygen atoms in total. The average Bonchev–Trinajstić information content (AvgIpc) is 2.42. The second-order valence-corrected chi connectivity index (χ2v) is 4.20. The standard InChI is InChI=1S/C13H25N5O/c1-5-9-18(8-4)12-15-11(14-7-3)16-13(17-12)19-10-6-2/h5-10H2,1-4H3,(H,14,15,16,17). The summed E-state index contributed by atoms with van der Waals surface area (Å²) in [5.41, 5.74) is 0. The van der Waals surface area contributed by atoms with Crippen molar-refractivity contribution in [3.8, 4) is 6.01 Å². The van der Waals surface area contributed by atoms with E-state index < -0.39 is 0 Å². The molecule has 0 saturated carbocycles. The SMILES string of the molecule is CCCOc1nc(NCC)nc(N(CC)CCC)n1. The molecule has 0 aliphatic carbocycles. The molecule has 0 radical (unpaired) electrons. The Morgan fingerprint density at radius 1 is 1.05 bits per heavy atom. The lowest BCUT2D eigenvalue weighted by molar-refractivity contribution is 0.292. The molecule has 0 bridgehead atoms. The summed E-state index contributed by atoms with van der Waals surface area (Å²) in [7, 11) is 0. The van der Waals surface area contributed by atoms with Crippen LogP contribution in [0.5, 0.6) is 6.01 Å². The quantitative estimate of drug-likeness (QED) is 0.741. The molecule has 0 unspecified atom stereocenters. The number of hydrogen-bond acceptors (Lipinski definition) is 6. The smallest absolute Gasteiger partial charge is 0.323 e. The van der Waals surface area contributed by atoms with E-state index in [-0.39, 0.29) is 0 Å². The predicted octanol–water partition coefficient (Wildman–Crippen LogP) is 2.33. The molecule has 0 aliphatic heterocycles. The van der Waals surface area contributed by atoms with E-state index in [1.807, 2.05) is 6.92 Å². The summed E-state index contributed by atoms with van der Waals surface area (Å²) in [6.45, 7) is 11.5. The van der Waals surface area contributed by atoms with Crippen molar-refractivity contribution in [2.75, 3.05) is 36.5 Å². The Bertz CT molecular complexity index is 372.